The van der Waals surface area contributed by atoms with Crippen LogP contribution in [0.1, 0.15) is 65.0 Å². The molecular weight excluding hydrogens is 624 g/mol. The first-order chi connectivity index (χ1) is 23.6. The number of hydrogen-bond donors (Lipinski definition) is 4. The highest BCUT2D eigenvalue weighted by Crippen LogP contribution is 2.13. The maximum absolute atomic E-state index is 13.0. The number of carbonyl (C=O) groups is 5. The van der Waals surface area contributed by atoms with Gasteiger partial charge in [0.05, 0.1) is 0 Å². The molecule has 256 valence electrons. The summed E-state index contributed by atoms with van der Waals surface area (Å²) in [5.41, 5.74) is 9.55. The van der Waals surface area contributed by atoms with E-state index in [0.29, 0.717) is 48.3 Å². The highest BCUT2D eigenvalue weighted by molar-refractivity contribution is 5.98. The Hall–Kier alpha value is -5.97. The number of Topliss-reactive ketones (excluding diaryl/α,β-unsaturated/α-hetero) is 2. The summed E-state index contributed by atoms with van der Waals surface area (Å²) in [6.45, 7) is 3.60. The molecule has 1 atom stereocenters. The van der Waals surface area contributed by atoms with E-state index in [1.165, 1.54) is 13.8 Å². The molecule has 0 unspecified atom stereocenters. The highest BCUT2D eigenvalue weighted by atomic mass is 16.6. The molecule has 0 saturated heterocycles. The van der Waals surface area contributed by atoms with E-state index in [4.69, 9.17) is 15.2 Å². The van der Waals surface area contributed by atoms with Crippen LogP contribution in [0.5, 0.6) is 0 Å². The Balaban J connectivity index is 0.000000555. The number of unbranched alkanes of at least 4 members (excludes halogenated alkanes) is 1. The number of carbonyl (C=O) groups excluding carboxylic acids is 5. The van der Waals surface area contributed by atoms with E-state index in [-0.39, 0.29) is 24.8 Å². The normalized spacial score (nSPS) is 10.7. The van der Waals surface area contributed by atoms with Crippen LogP contribution in [0, 0.1) is 0 Å². The van der Waals surface area contributed by atoms with Crippen molar-refractivity contribution in [3.8, 4) is 0 Å². The molecule has 11 heteroatoms. The summed E-state index contributed by atoms with van der Waals surface area (Å²) >= 11 is 0. The van der Waals surface area contributed by atoms with Gasteiger partial charge in [0.1, 0.15) is 19.3 Å². The molecule has 0 saturated carbocycles. The number of nitrogen functional groups attached to an aromatic ring is 1. The van der Waals surface area contributed by atoms with Crippen LogP contribution >= 0.6 is 0 Å². The lowest BCUT2D eigenvalue weighted by Crippen LogP contribution is -2.44. The van der Waals surface area contributed by atoms with Gasteiger partial charge >= 0.3 is 12.2 Å². The van der Waals surface area contributed by atoms with Gasteiger partial charge in [0, 0.05) is 29.0 Å². The summed E-state index contributed by atoms with van der Waals surface area (Å²) in [6, 6.07) is 31.1. The molecule has 0 aliphatic carbocycles. The quantitative estimate of drug-likeness (QED) is 0.0656. The zero-order chi connectivity index (χ0) is 35.4. The standard InChI is InChI=1S/C30H33N3O6.C8H9NO/c1-22(34)25-15-17-26(18-16-25)32-28(35)27(33-30(37)39-21-24-12-6-3-7-13-24)14-8-9-19-31-29(36)38-20-23-10-4-2-5-11-23;1-6(10)7-2-4-8(9)5-3-7/h2-7,10-13,15-18,27H,8-9,14,19-21H2,1H3,(H,31,36)(H,32,35)(H,33,37);2-5H,9H2,1H3/t27-;/m0./s1. The van der Waals surface area contributed by atoms with Crippen molar-refractivity contribution in [3.63, 3.8) is 0 Å². The van der Waals surface area contributed by atoms with E-state index in [2.05, 4.69) is 16.0 Å². The molecule has 5 N–H and O–H groups in total. The Kier molecular flexibility index (Phi) is 15.5. The zero-order valence-corrected chi connectivity index (χ0v) is 27.6. The molecule has 0 radical (unpaired) electrons. The van der Waals surface area contributed by atoms with E-state index in [1.54, 1.807) is 48.5 Å². The van der Waals surface area contributed by atoms with Crippen molar-refractivity contribution in [1.29, 1.82) is 0 Å². The third-order valence-corrected chi connectivity index (χ3v) is 7.10. The molecular formula is C38H42N4O7. The lowest BCUT2D eigenvalue weighted by Gasteiger charge is -2.18. The van der Waals surface area contributed by atoms with Gasteiger partial charge in [-0.15, -0.1) is 0 Å². The summed E-state index contributed by atoms with van der Waals surface area (Å²) in [5.74, 6) is -0.427. The lowest BCUT2D eigenvalue weighted by molar-refractivity contribution is -0.118. The molecule has 4 aromatic rings. The third-order valence-electron chi connectivity index (χ3n) is 7.10. The van der Waals surface area contributed by atoms with Crippen molar-refractivity contribution in [2.45, 2.75) is 52.4 Å². The van der Waals surface area contributed by atoms with Crippen LogP contribution < -0.4 is 21.7 Å². The number of nitrogens with two attached hydrogens (primary N) is 1. The fourth-order valence-corrected chi connectivity index (χ4v) is 4.35. The van der Waals surface area contributed by atoms with Gasteiger partial charge in [-0.3, -0.25) is 14.4 Å². The first-order valence-corrected chi connectivity index (χ1v) is 15.8. The number of benzene rings is 4. The van der Waals surface area contributed by atoms with Crippen LogP contribution in [-0.4, -0.2) is 42.2 Å². The number of nitrogens with one attached hydrogen (secondary N) is 3. The average molecular weight is 667 g/mol. The van der Waals surface area contributed by atoms with Gasteiger partial charge in [-0.25, -0.2) is 9.59 Å². The molecule has 11 nitrogen and oxygen atoms in total. The number of anilines is 2. The number of hydrogen-bond acceptors (Lipinski definition) is 8. The summed E-state index contributed by atoms with van der Waals surface area (Å²) in [4.78, 5) is 59.6. The minimum absolute atomic E-state index is 0.0694. The van der Waals surface area contributed by atoms with Crippen LogP contribution in [0.25, 0.3) is 0 Å². The number of amides is 3. The molecule has 3 amide bonds. The molecule has 0 aromatic heterocycles. The fourth-order valence-electron chi connectivity index (χ4n) is 4.35. The zero-order valence-electron chi connectivity index (χ0n) is 27.6. The van der Waals surface area contributed by atoms with E-state index >= 15 is 0 Å². The highest BCUT2D eigenvalue weighted by Gasteiger charge is 2.22. The minimum Gasteiger partial charge on any atom is -0.445 e. The summed E-state index contributed by atoms with van der Waals surface area (Å²) < 4.78 is 10.5. The van der Waals surface area contributed by atoms with Crippen molar-refractivity contribution < 1.29 is 33.4 Å². The monoisotopic (exact) mass is 666 g/mol. The predicted octanol–water partition coefficient (Wildman–Crippen LogP) is 6.69. The van der Waals surface area contributed by atoms with Crippen LogP contribution in [0.2, 0.25) is 0 Å². The van der Waals surface area contributed by atoms with Crippen molar-refractivity contribution in [3.05, 3.63) is 131 Å². The molecule has 4 aromatic carbocycles. The molecule has 0 aliphatic heterocycles. The Labute approximate surface area is 286 Å². The molecule has 0 aliphatic rings. The van der Waals surface area contributed by atoms with E-state index in [1.807, 2.05) is 60.7 Å². The second kappa shape index (κ2) is 20.3. The Morgan fingerprint density at radius 3 is 1.63 bits per heavy atom. The van der Waals surface area contributed by atoms with Gasteiger partial charge in [0.15, 0.2) is 11.6 Å². The first kappa shape index (κ1) is 37.5. The molecule has 4 rings (SSSR count). The smallest absolute Gasteiger partial charge is 0.408 e. The molecule has 49 heavy (non-hydrogen) atoms. The Morgan fingerprint density at radius 1 is 0.633 bits per heavy atom. The van der Waals surface area contributed by atoms with Crippen molar-refractivity contribution in [2.24, 2.45) is 0 Å². The first-order valence-electron chi connectivity index (χ1n) is 15.8. The van der Waals surface area contributed by atoms with Crippen molar-refractivity contribution in [2.75, 3.05) is 17.6 Å². The van der Waals surface area contributed by atoms with Crippen LogP contribution in [0.4, 0.5) is 21.0 Å². The number of rotatable bonds is 14. The van der Waals surface area contributed by atoms with E-state index in [0.717, 1.165) is 11.1 Å². The Morgan fingerprint density at radius 2 is 1.12 bits per heavy atom. The number of ether oxygens (including phenoxy) is 2. The van der Waals surface area contributed by atoms with Crippen molar-refractivity contribution in [1.82, 2.24) is 10.6 Å². The summed E-state index contributed by atoms with van der Waals surface area (Å²) in [5, 5.41) is 8.09. The number of alkyl carbamates (subject to hydrolysis) is 2. The maximum Gasteiger partial charge on any atom is 0.408 e. The fraction of sp³-hybridized carbons (Fsp3) is 0.237. The second-order valence-corrected chi connectivity index (χ2v) is 11.0. The van der Waals surface area contributed by atoms with Crippen LogP contribution in [-0.2, 0) is 27.5 Å². The van der Waals surface area contributed by atoms with Gasteiger partial charge in [-0.2, -0.15) is 0 Å². The summed E-state index contributed by atoms with van der Waals surface area (Å²) in [7, 11) is 0. The average Bonchev–Trinajstić information content (AvgIpc) is 3.10. The van der Waals surface area contributed by atoms with E-state index in [9.17, 15) is 24.0 Å². The molecule has 0 heterocycles. The van der Waals surface area contributed by atoms with Gasteiger partial charge in [0.2, 0.25) is 5.91 Å². The number of ketones is 2. The molecule has 0 spiro atoms. The molecule has 0 bridgehead atoms. The van der Waals surface area contributed by atoms with Crippen LogP contribution in [0.3, 0.4) is 0 Å². The van der Waals surface area contributed by atoms with Gasteiger partial charge in [-0.05, 0) is 92.8 Å². The lowest BCUT2D eigenvalue weighted by atomic mass is 10.1. The Bertz CT molecular complexity index is 1650. The van der Waals surface area contributed by atoms with E-state index < -0.39 is 24.1 Å². The third kappa shape index (κ3) is 14.6. The SMILES string of the molecule is CC(=O)c1ccc(N)cc1.CC(=O)c1ccc(NC(=O)[C@H](CCCCNC(=O)OCc2ccccc2)NC(=O)OCc2ccccc2)cc1. The van der Waals surface area contributed by atoms with Gasteiger partial charge < -0.3 is 31.2 Å². The molecule has 0 fully saturated rings. The maximum atomic E-state index is 13.0. The van der Waals surface area contributed by atoms with Gasteiger partial charge in [-0.1, -0.05) is 60.7 Å². The summed E-state index contributed by atoms with van der Waals surface area (Å²) in [6.07, 6.45) is 0.189. The topological polar surface area (TPSA) is 166 Å². The van der Waals surface area contributed by atoms with Gasteiger partial charge in [0.25, 0.3) is 0 Å². The van der Waals surface area contributed by atoms with Crippen LogP contribution in [0.15, 0.2) is 109 Å². The second-order valence-electron chi connectivity index (χ2n) is 11.0. The largest absolute Gasteiger partial charge is 0.445 e. The minimum atomic E-state index is -0.870. The predicted molar refractivity (Wildman–Crippen MR) is 188 cm³/mol. The van der Waals surface area contributed by atoms with Crippen molar-refractivity contribution >= 4 is 41.0 Å².